The van der Waals surface area contributed by atoms with Crippen molar-refractivity contribution in [2.75, 3.05) is 12.4 Å². The second kappa shape index (κ2) is 4.62. The average Bonchev–Trinajstić information content (AvgIpc) is 2.64. The Balaban J connectivity index is 2.32. The molecule has 2 N–H and O–H groups in total. The lowest BCUT2D eigenvalue weighted by Crippen LogP contribution is -2.47. The smallest absolute Gasteiger partial charge is 0.244 e. The Hall–Kier alpha value is -1.95. The first-order valence-electron chi connectivity index (χ1n) is 6.15. The third-order valence-electron chi connectivity index (χ3n) is 3.31. The fourth-order valence-electron chi connectivity index (χ4n) is 1.78. The SMILES string of the molecule is CNC(C)(C)C(=O)Nc1cnc2c(c1)c(C)nn2C. The van der Waals surface area contributed by atoms with Gasteiger partial charge in [-0.2, -0.15) is 5.10 Å². The Morgan fingerprint density at radius 3 is 2.74 bits per heavy atom. The zero-order chi connectivity index (χ0) is 14.2. The maximum atomic E-state index is 12.1. The molecule has 2 rings (SSSR count). The summed E-state index contributed by atoms with van der Waals surface area (Å²) in [6.07, 6.45) is 1.65. The van der Waals surface area contributed by atoms with Crippen LogP contribution in [0.2, 0.25) is 0 Å². The van der Waals surface area contributed by atoms with Crippen LogP contribution in [0.15, 0.2) is 12.3 Å². The number of fused-ring (bicyclic) bond motifs is 1. The molecule has 2 heterocycles. The Morgan fingerprint density at radius 2 is 2.11 bits per heavy atom. The van der Waals surface area contributed by atoms with E-state index in [4.69, 9.17) is 0 Å². The fraction of sp³-hybridized carbons (Fsp3) is 0.462. The summed E-state index contributed by atoms with van der Waals surface area (Å²) in [6.45, 7) is 5.57. The van der Waals surface area contributed by atoms with Crippen LogP contribution in [0.25, 0.3) is 11.0 Å². The molecule has 0 saturated heterocycles. The topological polar surface area (TPSA) is 71.8 Å². The second-order valence-electron chi connectivity index (χ2n) is 5.13. The van der Waals surface area contributed by atoms with E-state index >= 15 is 0 Å². The minimum Gasteiger partial charge on any atom is -0.323 e. The van der Waals surface area contributed by atoms with Crippen molar-refractivity contribution in [3.63, 3.8) is 0 Å². The van der Waals surface area contributed by atoms with Gasteiger partial charge >= 0.3 is 0 Å². The summed E-state index contributed by atoms with van der Waals surface area (Å²) in [5.74, 6) is -0.0994. The first-order valence-corrected chi connectivity index (χ1v) is 6.15. The third-order valence-corrected chi connectivity index (χ3v) is 3.31. The molecule has 6 heteroatoms. The summed E-state index contributed by atoms with van der Waals surface area (Å²) >= 11 is 0. The highest BCUT2D eigenvalue weighted by atomic mass is 16.2. The lowest BCUT2D eigenvalue weighted by atomic mass is 10.1. The molecule has 6 nitrogen and oxygen atoms in total. The number of rotatable bonds is 3. The summed E-state index contributed by atoms with van der Waals surface area (Å²) in [4.78, 5) is 16.4. The van der Waals surface area contributed by atoms with Gasteiger partial charge in [0.05, 0.1) is 23.1 Å². The predicted molar refractivity (Wildman–Crippen MR) is 75.0 cm³/mol. The van der Waals surface area contributed by atoms with Crippen LogP contribution in [0.5, 0.6) is 0 Å². The quantitative estimate of drug-likeness (QED) is 0.871. The van der Waals surface area contributed by atoms with Crippen LogP contribution in [0, 0.1) is 6.92 Å². The van der Waals surface area contributed by atoms with Gasteiger partial charge in [0.2, 0.25) is 5.91 Å². The van der Waals surface area contributed by atoms with Gasteiger partial charge in [-0.3, -0.25) is 9.48 Å². The van der Waals surface area contributed by atoms with Crippen LogP contribution in [0.3, 0.4) is 0 Å². The van der Waals surface area contributed by atoms with Gasteiger partial charge in [-0.05, 0) is 33.9 Å². The number of carbonyl (C=O) groups excluding carboxylic acids is 1. The Bertz CT molecular complexity index is 629. The molecule has 102 valence electrons. The molecule has 0 saturated carbocycles. The van der Waals surface area contributed by atoms with Crippen LogP contribution in [0.1, 0.15) is 19.5 Å². The number of aromatic nitrogens is 3. The van der Waals surface area contributed by atoms with Crippen molar-refractivity contribution in [2.45, 2.75) is 26.3 Å². The van der Waals surface area contributed by atoms with E-state index in [9.17, 15) is 4.79 Å². The standard InChI is InChI=1S/C13H19N5O/c1-8-10-6-9(7-15-11(10)18(5)17-8)16-12(19)13(2,3)14-4/h6-7,14H,1-5H3,(H,16,19). The normalized spacial score (nSPS) is 11.8. The van der Waals surface area contributed by atoms with E-state index in [-0.39, 0.29) is 5.91 Å². The van der Waals surface area contributed by atoms with E-state index < -0.39 is 5.54 Å². The molecule has 0 spiro atoms. The maximum absolute atomic E-state index is 12.1. The molecule has 0 aliphatic carbocycles. The Kier molecular flexibility index (Phi) is 3.28. The van der Waals surface area contributed by atoms with Crippen molar-refractivity contribution in [3.05, 3.63) is 18.0 Å². The molecule has 19 heavy (non-hydrogen) atoms. The number of nitrogens with one attached hydrogen (secondary N) is 2. The van der Waals surface area contributed by atoms with Crippen LogP contribution in [0.4, 0.5) is 5.69 Å². The second-order valence-corrected chi connectivity index (χ2v) is 5.13. The minimum absolute atomic E-state index is 0.0994. The molecule has 0 atom stereocenters. The maximum Gasteiger partial charge on any atom is 0.244 e. The van der Waals surface area contributed by atoms with E-state index in [0.29, 0.717) is 5.69 Å². The molecule has 0 aliphatic rings. The minimum atomic E-state index is -0.626. The predicted octanol–water partition coefficient (Wildman–Crippen LogP) is 1.21. The van der Waals surface area contributed by atoms with Gasteiger partial charge in [0, 0.05) is 12.4 Å². The van der Waals surface area contributed by atoms with E-state index in [1.54, 1.807) is 17.9 Å². The van der Waals surface area contributed by atoms with Gasteiger partial charge in [-0.25, -0.2) is 4.98 Å². The van der Waals surface area contributed by atoms with Gasteiger partial charge in [-0.15, -0.1) is 0 Å². The van der Waals surface area contributed by atoms with Crippen molar-refractivity contribution in [1.82, 2.24) is 20.1 Å². The highest BCUT2D eigenvalue weighted by molar-refractivity contribution is 5.98. The largest absolute Gasteiger partial charge is 0.323 e. The number of likely N-dealkylation sites (N-methyl/N-ethyl adjacent to an activating group) is 1. The van der Waals surface area contributed by atoms with Crippen molar-refractivity contribution in [2.24, 2.45) is 7.05 Å². The van der Waals surface area contributed by atoms with Crippen molar-refractivity contribution in [1.29, 1.82) is 0 Å². The summed E-state index contributed by atoms with van der Waals surface area (Å²) in [7, 11) is 3.61. The highest BCUT2D eigenvalue weighted by Gasteiger charge is 2.25. The zero-order valence-electron chi connectivity index (χ0n) is 11.9. The summed E-state index contributed by atoms with van der Waals surface area (Å²) < 4.78 is 1.73. The summed E-state index contributed by atoms with van der Waals surface area (Å²) in [5.41, 5.74) is 1.76. The van der Waals surface area contributed by atoms with Gasteiger partial charge in [0.1, 0.15) is 0 Å². The van der Waals surface area contributed by atoms with E-state index in [0.717, 1.165) is 16.7 Å². The number of nitrogens with zero attached hydrogens (tertiary/aromatic N) is 3. The molecular formula is C13H19N5O. The lowest BCUT2D eigenvalue weighted by Gasteiger charge is -2.22. The number of aryl methyl sites for hydroxylation is 2. The van der Waals surface area contributed by atoms with Crippen molar-refractivity contribution in [3.8, 4) is 0 Å². The molecule has 0 fully saturated rings. The first kappa shape index (κ1) is 13.5. The molecule has 0 aliphatic heterocycles. The van der Waals surface area contributed by atoms with E-state index in [1.807, 2.05) is 33.9 Å². The summed E-state index contributed by atoms with van der Waals surface area (Å²) in [6, 6.07) is 1.90. The van der Waals surface area contributed by atoms with Gasteiger partial charge in [-0.1, -0.05) is 0 Å². The monoisotopic (exact) mass is 261 g/mol. The average molecular weight is 261 g/mol. The van der Waals surface area contributed by atoms with E-state index in [2.05, 4.69) is 20.7 Å². The number of hydrogen-bond acceptors (Lipinski definition) is 4. The number of anilines is 1. The molecular weight excluding hydrogens is 242 g/mol. The Labute approximate surface area is 112 Å². The highest BCUT2D eigenvalue weighted by Crippen LogP contribution is 2.19. The van der Waals surface area contributed by atoms with Crippen molar-refractivity contribution >= 4 is 22.6 Å². The number of carbonyl (C=O) groups is 1. The zero-order valence-corrected chi connectivity index (χ0v) is 11.9. The van der Waals surface area contributed by atoms with Gasteiger partial charge in [0.15, 0.2) is 5.65 Å². The molecule has 0 bridgehead atoms. The molecule has 0 aromatic carbocycles. The third kappa shape index (κ3) is 2.44. The van der Waals surface area contributed by atoms with Crippen LogP contribution in [-0.4, -0.2) is 33.3 Å². The van der Waals surface area contributed by atoms with Gasteiger partial charge < -0.3 is 10.6 Å². The van der Waals surface area contributed by atoms with E-state index in [1.165, 1.54) is 0 Å². The molecule has 0 unspecified atom stereocenters. The summed E-state index contributed by atoms with van der Waals surface area (Å²) in [5, 5.41) is 11.1. The first-order chi connectivity index (χ1) is 8.85. The van der Waals surface area contributed by atoms with Crippen molar-refractivity contribution < 1.29 is 4.79 Å². The molecule has 1 amide bonds. The molecule has 0 radical (unpaired) electrons. The lowest BCUT2D eigenvalue weighted by molar-refractivity contribution is -0.121. The fourth-order valence-corrected chi connectivity index (χ4v) is 1.78. The van der Waals surface area contributed by atoms with Crippen LogP contribution >= 0.6 is 0 Å². The molecule has 2 aromatic rings. The Morgan fingerprint density at radius 1 is 1.42 bits per heavy atom. The number of amides is 1. The van der Waals surface area contributed by atoms with Gasteiger partial charge in [0.25, 0.3) is 0 Å². The number of pyridine rings is 1. The van der Waals surface area contributed by atoms with Crippen LogP contribution < -0.4 is 10.6 Å². The number of hydrogen-bond donors (Lipinski definition) is 2. The molecule has 2 aromatic heterocycles. The van der Waals surface area contributed by atoms with Crippen LogP contribution in [-0.2, 0) is 11.8 Å².